The monoisotopic (exact) mass is 292 g/mol. The van der Waals surface area contributed by atoms with E-state index in [4.69, 9.17) is 15.2 Å². The van der Waals surface area contributed by atoms with E-state index in [9.17, 15) is 0 Å². The van der Waals surface area contributed by atoms with Crippen molar-refractivity contribution in [1.82, 2.24) is 4.90 Å². The van der Waals surface area contributed by atoms with Crippen molar-refractivity contribution in [3.05, 3.63) is 23.8 Å². The third kappa shape index (κ3) is 3.69. The fourth-order valence-corrected chi connectivity index (χ4v) is 3.11. The zero-order valence-electron chi connectivity index (χ0n) is 13.5. The van der Waals surface area contributed by atoms with Gasteiger partial charge >= 0.3 is 0 Å². The highest BCUT2D eigenvalue weighted by molar-refractivity contribution is 5.43. The van der Waals surface area contributed by atoms with Gasteiger partial charge in [-0.3, -0.25) is 4.90 Å². The first-order valence-corrected chi connectivity index (χ1v) is 7.88. The molecule has 0 spiro atoms. The fraction of sp³-hybridized carbons (Fsp3) is 0.647. The molecule has 21 heavy (non-hydrogen) atoms. The van der Waals surface area contributed by atoms with Crippen LogP contribution < -0.4 is 15.2 Å². The van der Waals surface area contributed by atoms with Crippen LogP contribution >= 0.6 is 0 Å². The number of hydrogen-bond donors (Lipinski definition) is 1. The highest BCUT2D eigenvalue weighted by Gasteiger charge is 2.32. The average molecular weight is 292 g/mol. The first kappa shape index (κ1) is 16.1. The van der Waals surface area contributed by atoms with Gasteiger partial charge in [-0.1, -0.05) is 6.07 Å². The Bertz CT molecular complexity index is 458. The largest absolute Gasteiger partial charge is 0.493 e. The summed E-state index contributed by atoms with van der Waals surface area (Å²) in [6.07, 6.45) is 3.50. The predicted octanol–water partition coefficient (Wildman–Crippen LogP) is 2.45. The van der Waals surface area contributed by atoms with Gasteiger partial charge in [-0.2, -0.15) is 0 Å². The first-order chi connectivity index (χ1) is 10.1. The number of nitrogens with two attached hydrogens (primary N) is 1. The van der Waals surface area contributed by atoms with Crippen molar-refractivity contribution in [1.29, 1.82) is 0 Å². The first-order valence-electron chi connectivity index (χ1n) is 7.88. The van der Waals surface area contributed by atoms with Crippen LogP contribution in [0, 0.1) is 0 Å². The summed E-state index contributed by atoms with van der Waals surface area (Å²) in [4.78, 5) is 2.52. The molecule has 1 heterocycles. The Morgan fingerprint density at radius 2 is 1.95 bits per heavy atom. The molecule has 0 aromatic heterocycles. The van der Waals surface area contributed by atoms with E-state index < -0.39 is 0 Å². The van der Waals surface area contributed by atoms with Gasteiger partial charge in [-0.05, 0) is 63.9 Å². The molecule has 0 aliphatic carbocycles. The summed E-state index contributed by atoms with van der Waals surface area (Å²) in [5, 5.41) is 0. The molecule has 0 amide bonds. The molecule has 1 aliphatic rings. The number of likely N-dealkylation sites (tertiary alicyclic amines) is 1. The third-order valence-corrected chi connectivity index (χ3v) is 4.42. The summed E-state index contributed by atoms with van der Waals surface area (Å²) < 4.78 is 11.0. The molecule has 1 aromatic carbocycles. The summed E-state index contributed by atoms with van der Waals surface area (Å²) in [6, 6.07) is 6.20. The minimum atomic E-state index is 0.0225. The van der Waals surface area contributed by atoms with Gasteiger partial charge in [0, 0.05) is 12.1 Å². The van der Waals surface area contributed by atoms with Gasteiger partial charge in [0.15, 0.2) is 11.5 Å². The van der Waals surface area contributed by atoms with Crippen molar-refractivity contribution in [2.75, 3.05) is 33.4 Å². The van der Waals surface area contributed by atoms with Gasteiger partial charge in [0.2, 0.25) is 0 Å². The van der Waals surface area contributed by atoms with Crippen LogP contribution in [-0.4, -0.2) is 43.8 Å². The number of methoxy groups -OCH3 is 1. The molecule has 1 aromatic rings. The molecule has 2 N–H and O–H groups in total. The van der Waals surface area contributed by atoms with Crippen molar-refractivity contribution in [3.8, 4) is 11.5 Å². The minimum Gasteiger partial charge on any atom is -0.493 e. The van der Waals surface area contributed by atoms with Crippen molar-refractivity contribution in [2.24, 2.45) is 5.73 Å². The Labute approximate surface area is 128 Å². The van der Waals surface area contributed by atoms with Crippen molar-refractivity contribution < 1.29 is 9.47 Å². The molecular formula is C17H28N2O2. The standard InChI is InChI=1S/C17H28N2O2/c1-4-21-15-8-7-14(11-16(15)20-3)12-17(2,13-18)19-9-5-6-10-19/h7-8,11H,4-6,9-10,12-13,18H2,1-3H3. The quantitative estimate of drug-likeness (QED) is 0.838. The average Bonchev–Trinajstić information content (AvgIpc) is 3.04. The van der Waals surface area contributed by atoms with Crippen molar-refractivity contribution >= 4 is 0 Å². The van der Waals surface area contributed by atoms with Gasteiger partial charge in [0.25, 0.3) is 0 Å². The van der Waals surface area contributed by atoms with Gasteiger partial charge in [0.05, 0.1) is 13.7 Å². The molecule has 0 radical (unpaired) electrons. The van der Waals surface area contributed by atoms with Gasteiger partial charge < -0.3 is 15.2 Å². The van der Waals surface area contributed by atoms with E-state index in [1.54, 1.807) is 7.11 Å². The van der Waals surface area contributed by atoms with Crippen molar-refractivity contribution in [3.63, 3.8) is 0 Å². The molecule has 0 saturated carbocycles. The van der Waals surface area contributed by atoms with Gasteiger partial charge in [-0.15, -0.1) is 0 Å². The third-order valence-electron chi connectivity index (χ3n) is 4.42. The van der Waals surface area contributed by atoms with E-state index in [0.29, 0.717) is 13.2 Å². The summed E-state index contributed by atoms with van der Waals surface area (Å²) in [6.45, 7) is 7.86. The topological polar surface area (TPSA) is 47.7 Å². The summed E-state index contributed by atoms with van der Waals surface area (Å²) in [5.41, 5.74) is 7.35. The van der Waals surface area contributed by atoms with Crippen LogP contribution in [0.1, 0.15) is 32.3 Å². The Morgan fingerprint density at radius 3 is 2.52 bits per heavy atom. The minimum absolute atomic E-state index is 0.0225. The lowest BCUT2D eigenvalue weighted by atomic mass is 9.91. The van der Waals surface area contributed by atoms with E-state index in [0.717, 1.165) is 31.0 Å². The summed E-state index contributed by atoms with van der Waals surface area (Å²) >= 11 is 0. The maximum atomic E-state index is 6.09. The molecule has 4 heteroatoms. The van der Waals surface area contributed by atoms with Crippen LogP contribution in [0.3, 0.4) is 0 Å². The van der Waals surface area contributed by atoms with Gasteiger partial charge in [0.1, 0.15) is 0 Å². The van der Waals surface area contributed by atoms with Crippen molar-refractivity contribution in [2.45, 2.75) is 38.6 Å². The number of benzene rings is 1. The Balaban J connectivity index is 2.17. The van der Waals surface area contributed by atoms with Gasteiger partial charge in [-0.25, -0.2) is 0 Å². The normalized spacial score (nSPS) is 18.5. The molecular weight excluding hydrogens is 264 g/mol. The molecule has 1 fully saturated rings. The second-order valence-electron chi connectivity index (χ2n) is 5.99. The maximum absolute atomic E-state index is 6.09. The number of hydrogen-bond acceptors (Lipinski definition) is 4. The number of ether oxygens (including phenoxy) is 2. The Morgan fingerprint density at radius 1 is 1.24 bits per heavy atom. The zero-order valence-corrected chi connectivity index (χ0v) is 13.5. The van der Waals surface area contributed by atoms with Crippen LogP contribution in [-0.2, 0) is 6.42 Å². The second-order valence-corrected chi connectivity index (χ2v) is 5.99. The highest BCUT2D eigenvalue weighted by atomic mass is 16.5. The second kappa shape index (κ2) is 7.14. The predicted molar refractivity (Wildman–Crippen MR) is 86.1 cm³/mol. The molecule has 0 bridgehead atoms. The molecule has 1 atom stereocenters. The lowest BCUT2D eigenvalue weighted by Gasteiger charge is -2.38. The van der Waals surface area contributed by atoms with Crippen LogP contribution in [0.2, 0.25) is 0 Å². The lowest BCUT2D eigenvalue weighted by Crippen LogP contribution is -2.51. The van der Waals surface area contributed by atoms with E-state index in [1.807, 2.05) is 13.0 Å². The maximum Gasteiger partial charge on any atom is 0.161 e. The van der Waals surface area contributed by atoms with E-state index in [1.165, 1.54) is 18.4 Å². The number of rotatable bonds is 7. The summed E-state index contributed by atoms with van der Waals surface area (Å²) in [7, 11) is 1.68. The van der Waals surface area contributed by atoms with Crippen LogP contribution in [0.25, 0.3) is 0 Å². The zero-order chi connectivity index (χ0) is 15.3. The molecule has 1 aliphatic heterocycles. The molecule has 4 nitrogen and oxygen atoms in total. The van der Waals surface area contributed by atoms with Crippen LogP contribution in [0.4, 0.5) is 0 Å². The van der Waals surface area contributed by atoms with Crippen LogP contribution in [0.15, 0.2) is 18.2 Å². The fourth-order valence-electron chi connectivity index (χ4n) is 3.11. The Hall–Kier alpha value is -1.26. The lowest BCUT2D eigenvalue weighted by molar-refractivity contribution is 0.143. The number of nitrogens with zero attached hydrogens (tertiary/aromatic N) is 1. The SMILES string of the molecule is CCOc1ccc(CC(C)(CN)N2CCCC2)cc1OC. The van der Waals surface area contributed by atoms with E-state index >= 15 is 0 Å². The molecule has 1 saturated heterocycles. The molecule has 2 rings (SSSR count). The molecule has 118 valence electrons. The van der Waals surface area contributed by atoms with E-state index in [2.05, 4.69) is 24.0 Å². The van der Waals surface area contributed by atoms with Crippen LogP contribution in [0.5, 0.6) is 11.5 Å². The Kier molecular flexibility index (Phi) is 5.48. The molecule has 1 unspecified atom stereocenters. The van der Waals surface area contributed by atoms with E-state index in [-0.39, 0.29) is 5.54 Å². The summed E-state index contributed by atoms with van der Waals surface area (Å²) in [5.74, 6) is 1.61. The highest BCUT2D eigenvalue weighted by Crippen LogP contribution is 2.31. The smallest absolute Gasteiger partial charge is 0.161 e.